The molecule has 1 aromatic carbocycles. The van der Waals surface area contributed by atoms with E-state index in [1.54, 1.807) is 28.4 Å². The Morgan fingerprint density at radius 1 is 1.17 bits per heavy atom. The monoisotopic (exact) mass is 325 g/mol. The fourth-order valence-corrected chi connectivity index (χ4v) is 2.70. The van der Waals surface area contributed by atoms with Crippen molar-refractivity contribution in [2.75, 3.05) is 0 Å². The number of aryl methyl sites for hydroxylation is 1. The molecular weight excluding hydrogens is 314 g/mol. The van der Waals surface area contributed by atoms with Crippen LogP contribution in [0, 0.1) is 6.92 Å². The molecule has 0 spiro atoms. The molecule has 0 aliphatic rings. The van der Waals surface area contributed by atoms with Gasteiger partial charge in [0.25, 0.3) is 11.3 Å². The van der Waals surface area contributed by atoms with Crippen LogP contribution in [0.5, 0.6) is 0 Å². The number of benzene rings is 1. The highest BCUT2D eigenvalue weighted by atomic mass is 35.5. The summed E-state index contributed by atoms with van der Waals surface area (Å²) < 4.78 is 3.24. The highest BCUT2D eigenvalue weighted by Crippen LogP contribution is 2.13. The molecule has 114 valence electrons. The Morgan fingerprint density at radius 3 is 2.74 bits per heavy atom. The molecule has 7 heteroatoms. The number of aromatic nitrogens is 5. The molecule has 0 atom stereocenters. The lowest BCUT2D eigenvalue weighted by molar-refractivity contribution is 0.765. The van der Waals surface area contributed by atoms with Crippen molar-refractivity contribution in [3.8, 4) is 0 Å². The summed E-state index contributed by atoms with van der Waals surface area (Å²) in [5.74, 6) is 1.11. The topological polar surface area (TPSA) is 65.1 Å². The first kappa shape index (κ1) is 13.9. The third-order valence-electron chi connectivity index (χ3n) is 3.68. The summed E-state index contributed by atoms with van der Waals surface area (Å²) in [5, 5.41) is 5.47. The van der Waals surface area contributed by atoms with Crippen molar-refractivity contribution in [2.24, 2.45) is 0 Å². The van der Waals surface area contributed by atoms with Crippen molar-refractivity contribution in [2.45, 2.75) is 13.5 Å². The van der Waals surface area contributed by atoms with Crippen molar-refractivity contribution in [3.05, 3.63) is 69.5 Å². The number of rotatable bonds is 2. The average molecular weight is 326 g/mol. The molecule has 0 unspecified atom stereocenters. The zero-order valence-corrected chi connectivity index (χ0v) is 13.0. The zero-order chi connectivity index (χ0) is 16.0. The Labute approximate surface area is 136 Å². The fraction of sp³-hybridized carbons (Fsp3) is 0.125. The number of pyridine rings is 1. The molecule has 3 heterocycles. The predicted molar refractivity (Wildman–Crippen MR) is 87.8 cm³/mol. The van der Waals surface area contributed by atoms with Crippen molar-refractivity contribution in [1.82, 2.24) is 24.1 Å². The Hall–Kier alpha value is -2.73. The van der Waals surface area contributed by atoms with E-state index in [0.717, 1.165) is 5.56 Å². The molecule has 0 aliphatic carbocycles. The fourth-order valence-electron chi connectivity index (χ4n) is 2.57. The first-order chi connectivity index (χ1) is 11.1. The molecule has 0 N–H and O–H groups in total. The summed E-state index contributed by atoms with van der Waals surface area (Å²) in [4.78, 5) is 21.1. The van der Waals surface area contributed by atoms with Crippen molar-refractivity contribution >= 4 is 28.3 Å². The maximum absolute atomic E-state index is 12.7. The molecule has 4 aromatic rings. The highest BCUT2D eigenvalue weighted by Gasteiger charge is 2.10. The quantitative estimate of drug-likeness (QED) is 0.568. The second kappa shape index (κ2) is 5.17. The molecule has 0 fully saturated rings. The SMILES string of the molecule is Cc1nc2ncc3c(=O)n(Cc4ccc(Cl)cc4)ccc3n2n1. The standard InChI is InChI=1S/C16H12ClN5O/c1-10-19-16-18-8-13-14(22(16)20-10)6-7-21(15(13)23)9-11-2-4-12(17)5-3-11/h2-8H,9H2,1H3. The Morgan fingerprint density at radius 2 is 1.96 bits per heavy atom. The molecule has 3 aromatic heterocycles. The molecule has 0 saturated carbocycles. The highest BCUT2D eigenvalue weighted by molar-refractivity contribution is 6.30. The number of hydrogen-bond acceptors (Lipinski definition) is 4. The van der Waals surface area contributed by atoms with Crippen LogP contribution in [0.2, 0.25) is 5.02 Å². The van der Waals surface area contributed by atoms with Crippen LogP contribution in [0.4, 0.5) is 0 Å². The van der Waals surface area contributed by atoms with Crippen LogP contribution in [-0.2, 0) is 6.54 Å². The van der Waals surface area contributed by atoms with Gasteiger partial charge in [-0.1, -0.05) is 23.7 Å². The molecule has 0 radical (unpaired) electrons. The van der Waals surface area contributed by atoms with Crippen LogP contribution in [0.3, 0.4) is 0 Å². The van der Waals surface area contributed by atoms with Crippen molar-refractivity contribution in [3.63, 3.8) is 0 Å². The third-order valence-corrected chi connectivity index (χ3v) is 3.93. The van der Waals surface area contributed by atoms with Crippen LogP contribution in [-0.4, -0.2) is 24.1 Å². The summed E-state index contributed by atoms with van der Waals surface area (Å²) in [7, 11) is 0. The lowest BCUT2D eigenvalue weighted by atomic mass is 10.2. The minimum Gasteiger partial charge on any atom is -0.310 e. The summed E-state index contributed by atoms with van der Waals surface area (Å²) in [5.41, 5.74) is 1.59. The van der Waals surface area contributed by atoms with E-state index in [-0.39, 0.29) is 5.56 Å². The van der Waals surface area contributed by atoms with E-state index in [9.17, 15) is 4.79 Å². The number of fused-ring (bicyclic) bond motifs is 3. The molecule has 0 amide bonds. The maximum Gasteiger partial charge on any atom is 0.261 e. The van der Waals surface area contributed by atoms with E-state index < -0.39 is 0 Å². The predicted octanol–water partition coefficient (Wildman–Crippen LogP) is 2.45. The second-order valence-electron chi connectivity index (χ2n) is 5.30. The van der Waals surface area contributed by atoms with E-state index in [1.807, 2.05) is 30.3 Å². The van der Waals surface area contributed by atoms with Gasteiger partial charge in [-0.05, 0) is 30.7 Å². The molecule has 23 heavy (non-hydrogen) atoms. The molecule has 6 nitrogen and oxygen atoms in total. The van der Waals surface area contributed by atoms with E-state index in [4.69, 9.17) is 11.6 Å². The maximum atomic E-state index is 12.7. The minimum absolute atomic E-state index is 0.111. The Bertz CT molecular complexity index is 1080. The lowest BCUT2D eigenvalue weighted by Crippen LogP contribution is -2.21. The van der Waals surface area contributed by atoms with Crippen molar-refractivity contribution in [1.29, 1.82) is 0 Å². The van der Waals surface area contributed by atoms with Crippen molar-refractivity contribution < 1.29 is 0 Å². The van der Waals surface area contributed by atoms with Gasteiger partial charge < -0.3 is 4.57 Å². The smallest absolute Gasteiger partial charge is 0.261 e. The third kappa shape index (κ3) is 2.37. The second-order valence-corrected chi connectivity index (χ2v) is 5.74. The summed E-state index contributed by atoms with van der Waals surface area (Å²) in [6, 6.07) is 9.29. The van der Waals surface area contributed by atoms with Gasteiger partial charge in [-0.3, -0.25) is 4.79 Å². The van der Waals surface area contributed by atoms with Crippen LogP contribution >= 0.6 is 11.6 Å². The normalized spacial score (nSPS) is 11.4. The number of hydrogen-bond donors (Lipinski definition) is 0. The van der Waals surface area contributed by atoms with Gasteiger partial charge in [0.2, 0.25) is 0 Å². The van der Waals surface area contributed by atoms with Gasteiger partial charge in [-0.15, -0.1) is 5.10 Å². The van der Waals surface area contributed by atoms with E-state index in [1.165, 1.54) is 0 Å². The van der Waals surface area contributed by atoms with Crippen LogP contribution < -0.4 is 5.56 Å². The summed E-state index contributed by atoms with van der Waals surface area (Å²) in [6.07, 6.45) is 3.31. The molecule has 0 saturated heterocycles. The Balaban J connectivity index is 1.86. The van der Waals surface area contributed by atoms with Crippen LogP contribution in [0.25, 0.3) is 16.7 Å². The molecular formula is C16H12ClN5O. The van der Waals surface area contributed by atoms with Gasteiger partial charge in [-0.2, -0.15) is 9.50 Å². The Kier molecular flexibility index (Phi) is 3.12. The van der Waals surface area contributed by atoms with Gasteiger partial charge in [0, 0.05) is 17.4 Å². The van der Waals surface area contributed by atoms with Gasteiger partial charge in [0.1, 0.15) is 5.82 Å². The van der Waals surface area contributed by atoms with Gasteiger partial charge in [0.05, 0.1) is 17.4 Å². The van der Waals surface area contributed by atoms with Gasteiger partial charge in [0.15, 0.2) is 0 Å². The first-order valence-corrected chi connectivity index (χ1v) is 7.45. The summed E-state index contributed by atoms with van der Waals surface area (Å²) >= 11 is 5.89. The molecule has 0 bridgehead atoms. The first-order valence-electron chi connectivity index (χ1n) is 7.08. The molecule has 0 aliphatic heterocycles. The minimum atomic E-state index is -0.111. The zero-order valence-electron chi connectivity index (χ0n) is 12.3. The summed E-state index contributed by atoms with van der Waals surface area (Å²) in [6.45, 7) is 2.27. The van der Waals surface area contributed by atoms with E-state index >= 15 is 0 Å². The van der Waals surface area contributed by atoms with E-state index in [2.05, 4.69) is 15.1 Å². The van der Waals surface area contributed by atoms with Crippen LogP contribution in [0.1, 0.15) is 11.4 Å². The van der Waals surface area contributed by atoms with Crippen LogP contribution in [0.15, 0.2) is 47.5 Å². The largest absolute Gasteiger partial charge is 0.310 e. The van der Waals surface area contributed by atoms with E-state index in [0.29, 0.717) is 34.1 Å². The number of halogens is 1. The van der Waals surface area contributed by atoms with Gasteiger partial charge in [-0.25, -0.2) is 4.98 Å². The number of nitrogens with zero attached hydrogens (tertiary/aromatic N) is 5. The molecule has 4 rings (SSSR count). The lowest BCUT2D eigenvalue weighted by Gasteiger charge is -2.08. The average Bonchev–Trinajstić information content (AvgIpc) is 2.92. The van der Waals surface area contributed by atoms with Gasteiger partial charge >= 0.3 is 0 Å².